The van der Waals surface area contributed by atoms with Crippen LogP contribution in [0.4, 0.5) is 0 Å². The van der Waals surface area contributed by atoms with Crippen LogP contribution >= 0.6 is 11.6 Å². The van der Waals surface area contributed by atoms with Crippen LogP contribution in [0.5, 0.6) is 11.5 Å². The van der Waals surface area contributed by atoms with Crippen molar-refractivity contribution >= 4 is 11.6 Å². The van der Waals surface area contributed by atoms with Gasteiger partial charge in [-0.05, 0) is 13.0 Å². The van der Waals surface area contributed by atoms with E-state index >= 15 is 0 Å². The predicted molar refractivity (Wildman–Crippen MR) is 69.2 cm³/mol. The van der Waals surface area contributed by atoms with E-state index in [2.05, 4.69) is 0 Å². The average Bonchev–Trinajstić information content (AvgIpc) is 2.36. The maximum Gasteiger partial charge on any atom is 0.165 e. The van der Waals surface area contributed by atoms with E-state index in [0.29, 0.717) is 25.7 Å². The summed E-state index contributed by atoms with van der Waals surface area (Å²) in [5.74, 6) is 1.92. The molecule has 0 radical (unpaired) electrons. The Bertz CT molecular complexity index is 328. The predicted octanol–water partition coefficient (Wildman–Crippen LogP) is 3.24. The Morgan fingerprint density at radius 1 is 1.18 bits per heavy atom. The van der Waals surface area contributed by atoms with Crippen molar-refractivity contribution in [2.75, 3.05) is 26.9 Å². The molecule has 0 saturated carbocycles. The zero-order valence-corrected chi connectivity index (χ0v) is 11.1. The summed E-state index contributed by atoms with van der Waals surface area (Å²) in [5.41, 5.74) is 0.954. The highest BCUT2D eigenvalue weighted by atomic mass is 35.5. The molecule has 17 heavy (non-hydrogen) atoms. The van der Waals surface area contributed by atoms with Gasteiger partial charge in [-0.1, -0.05) is 12.1 Å². The van der Waals surface area contributed by atoms with Gasteiger partial charge in [-0.3, -0.25) is 0 Å². The monoisotopic (exact) mass is 258 g/mol. The van der Waals surface area contributed by atoms with Gasteiger partial charge in [-0.2, -0.15) is 0 Å². The number of hydrogen-bond donors (Lipinski definition) is 0. The zero-order chi connectivity index (χ0) is 12.5. The van der Waals surface area contributed by atoms with Gasteiger partial charge in [0.15, 0.2) is 11.5 Å². The molecule has 0 aliphatic carbocycles. The number of rotatable bonds is 8. The molecule has 0 spiro atoms. The summed E-state index contributed by atoms with van der Waals surface area (Å²) in [5, 5.41) is 0. The lowest BCUT2D eigenvalue weighted by Gasteiger charge is -2.14. The molecule has 0 aliphatic heterocycles. The third-order valence-electron chi connectivity index (χ3n) is 2.24. The Labute approximate surface area is 108 Å². The molecule has 0 unspecified atom stereocenters. The standard InChI is InChI=1S/C13H19ClO3/c1-3-16-12-7-4-6-11(10-14)13(12)17-9-5-8-15-2/h4,6-7H,3,5,8-10H2,1-2H3. The molecule has 3 nitrogen and oxygen atoms in total. The fourth-order valence-electron chi connectivity index (χ4n) is 1.48. The van der Waals surface area contributed by atoms with E-state index in [9.17, 15) is 0 Å². The lowest BCUT2D eigenvalue weighted by molar-refractivity contribution is 0.169. The van der Waals surface area contributed by atoms with Crippen LogP contribution in [-0.4, -0.2) is 26.9 Å². The Morgan fingerprint density at radius 3 is 2.65 bits per heavy atom. The maximum atomic E-state index is 5.88. The summed E-state index contributed by atoms with van der Waals surface area (Å²) < 4.78 is 16.2. The van der Waals surface area contributed by atoms with Gasteiger partial charge in [-0.25, -0.2) is 0 Å². The molecular weight excluding hydrogens is 240 g/mol. The maximum absolute atomic E-state index is 5.88. The summed E-state index contributed by atoms with van der Waals surface area (Å²) in [4.78, 5) is 0. The Balaban J connectivity index is 2.70. The Morgan fingerprint density at radius 2 is 2.00 bits per heavy atom. The van der Waals surface area contributed by atoms with E-state index < -0.39 is 0 Å². The minimum Gasteiger partial charge on any atom is -0.490 e. The van der Waals surface area contributed by atoms with Crippen LogP contribution in [0, 0.1) is 0 Å². The van der Waals surface area contributed by atoms with Crippen LogP contribution in [0.25, 0.3) is 0 Å². The van der Waals surface area contributed by atoms with Crippen molar-refractivity contribution in [3.63, 3.8) is 0 Å². The molecule has 0 fully saturated rings. The molecule has 0 heterocycles. The number of halogens is 1. The molecule has 1 rings (SSSR count). The van der Waals surface area contributed by atoms with E-state index in [1.807, 2.05) is 25.1 Å². The number of benzene rings is 1. The molecular formula is C13H19ClO3. The van der Waals surface area contributed by atoms with Gasteiger partial charge in [0.25, 0.3) is 0 Å². The lowest BCUT2D eigenvalue weighted by atomic mass is 10.2. The van der Waals surface area contributed by atoms with Crippen molar-refractivity contribution < 1.29 is 14.2 Å². The lowest BCUT2D eigenvalue weighted by Crippen LogP contribution is -2.05. The first-order valence-electron chi connectivity index (χ1n) is 5.75. The molecule has 0 aliphatic rings. The minimum atomic E-state index is 0.417. The molecule has 0 aromatic heterocycles. The third kappa shape index (κ3) is 4.44. The third-order valence-corrected chi connectivity index (χ3v) is 2.53. The van der Waals surface area contributed by atoms with Crippen LogP contribution in [0.3, 0.4) is 0 Å². The second-order valence-corrected chi connectivity index (χ2v) is 3.77. The number of hydrogen-bond acceptors (Lipinski definition) is 3. The highest BCUT2D eigenvalue weighted by Crippen LogP contribution is 2.32. The fourth-order valence-corrected chi connectivity index (χ4v) is 1.69. The van der Waals surface area contributed by atoms with Crippen LogP contribution in [0.15, 0.2) is 18.2 Å². The highest BCUT2D eigenvalue weighted by Gasteiger charge is 2.09. The van der Waals surface area contributed by atoms with Gasteiger partial charge in [0.2, 0.25) is 0 Å². The van der Waals surface area contributed by atoms with Crippen molar-refractivity contribution in [3.05, 3.63) is 23.8 Å². The van der Waals surface area contributed by atoms with Crippen molar-refractivity contribution in [2.24, 2.45) is 0 Å². The van der Waals surface area contributed by atoms with E-state index in [1.165, 1.54) is 0 Å². The molecule has 1 aromatic carbocycles. The van der Waals surface area contributed by atoms with Gasteiger partial charge in [0, 0.05) is 25.7 Å². The van der Waals surface area contributed by atoms with Crippen molar-refractivity contribution in [1.29, 1.82) is 0 Å². The minimum absolute atomic E-state index is 0.417. The number of para-hydroxylation sites is 1. The van der Waals surface area contributed by atoms with Gasteiger partial charge >= 0.3 is 0 Å². The molecule has 0 saturated heterocycles. The molecule has 96 valence electrons. The second-order valence-electron chi connectivity index (χ2n) is 3.51. The summed E-state index contributed by atoms with van der Waals surface area (Å²) in [7, 11) is 1.68. The van der Waals surface area contributed by atoms with Crippen LogP contribution in [0.1, 0.15) is 18.9 Å². The van der Waals surface area contributed by atoms with Crippen molar-refractivity contribution in [2.45, 2.75) is 19.2 Å². The molecule has 4 heteroatoms. The first-order chi connectivity index (χ1) is 8.33. The van der Waals surface area contributed by atoms with Crippen LogP contribution in [-0.2, 0) is 10.6 Å². The normalized spacial score (nSPS) is 10.3. The molecule has 0 bridgehead atoms. The highest BCUT2D eigenvalue weighted by molar-refractivity contribution is 6.17. The summed E-state index contributed by atoms with van der Waals surface area (Å²) in [6.45, 7) is 3.84. The smallest absolute Gasteiger partial charge is 0.165 e. The van der Waals surface area contributed by atoms with Crippen LogP contribution < -0.4 is 9.47 Å². The summed E-state index contributed by atoms with van der Waals surface area (Å²) in [6, 6.07) is 5.76. The average molecular weight is 259 g/mol. The van der Waals surface area contributed by atoms with E-state index in [1.54, 1.807) is 7.11 Å². The summed E-state index contributed by atoms with van der Waals surface area (Å²) >= 11 is 5.88. The molecule has 0 atom stereocenters. The van der Waals surface area contributed by atoms with Crippen molar-refractivity contribution in [3.8, 4) is 11.5 Å². The largest absolute Gasteiger partial charge is 0.490 e. The number of alkyl halides is 1. The van der Waals surface area contributed by atoms with E-state index in [-0.39, 0.29) is 0 Å². The molecule has 1 aromatic rings. The fraction of sp³-hybridized carbons (Fsp3) is 0.538. The number of ether oxygens (including phenoxy) is 3. The topological polar surface area (TPSA) is 27.7 Å². The summed E-state index contributed by atoms with van der Waals surface area (Å²) in [6.07, 6.45) is 0.846. The Kier molecular flexibility index (Phi) is 6.82. The van der Waals surface area contributed by atoms with Gasteiger partial charge < -0.3 is 14.2 Å². The first-order valence-corrected chi connectivity index (χ1v) is 6.29. The quantitative estimate of drug-likeness (QED) is 0.529. The molecule has 0 amide bonds. The van der Waals surface area contributed by atoms with Gasteiger partial charge in [0.05, 0.1) is 19.1 Å². The van der Waals surface area contributed by atoms with Gasteiger partial charge in [0.1, 0.15) is 0 Å². The zero-order valence-electron chi connectivity index (χ0n) is 10.4. The van der Waals surface area contributed by atoms with Crippen molar-refractivity contribution in [1.82, 2.24) is 0 Å². The van der Waals surface area contributed by atoms with E-state index in [0.717, 1.165) is 23.5 Å². The Hall–Kier alpha value is -0.930. The van der Waals surface area contributed by atoms with Crippen LogP contribution in [0.2, 0.25) is 0 Å². The number of methoxy groups -OCH3 is 1. The van der Waals surface area contributed by atoms with E-state index in [4.69, 9.17) is 25.8 Å². The second kappa shape index (κ2) is 8.20. The first kappa shape index (κ1) is 14.1. The SMILES string of the molecule is CCOc1cccc(CCl)c1OCCCOC. The molecule has 0 N–H and O–H groups in total. The van der Waals surface area contributed by atoms with Gasteiger partial charge in [-0.15, -0.1) is 11.6 Å².